The quantitative estimate of drug-likeness (QED) is 0.355. The summed E-state index contributed by atoms with van der Waals surface area (Å²) in [4.78, 5) is 14.8. The first-order valence-electron chi connectivity index (χ1n) is 7.22. The summed E-state index contributed by atoms with van der Waals surface area (Å²) in [6.07, 6.45) is 3.15. The molecule has 5 heteroatoms. The van der Waals surface area contributed by atoms with Crippen LogP contribution in [0.3, 0.4) is 0 Å². The van der Waals surface area contributed by atoms with Crippen LogP contribution in [0.15, 0.2) is 5.16 Å². The largest absolute Gasteiger partial charge is 0.409 e. The first-order valence-corrected chi connectivity index (χ1v) is 7.22. The first kappa shape index (κ1) is 15.8. The Hall–Kier alpha value is -1.26. The van der Waals surface area contributed by atoms with Crippen molar-refractivity contribution in [2.75, 3.05) is 6.54 Å². The minimum Gasteiger partial charge on any atom is -0.409 e. The number of oxime groups is 1. The van der Waals surface area contributed by atoms with Gasteiger partial charge in [-0.15, -0.1) is 0 Å². The van der Waals surface area contributed by atoms with Gasteiger partial charge in [0.05, 0.1) is 0 Å². The lowest BCUT2D eigenvalue weighted by atomic mass is 9.78. The zero-order chi connectivity index (χ0) is 14.6. The molecule has 1 amide bonds. The lowest BCUT2D eigenvalue weighted by Gasteiger charge is -2.42. The van der Waals surface area contributed by atoms with E-state index in [0.29, 0.717) is 18.8 Å². The number of nitrogens with two attached hydrogens (primary N) is 1. The molecular weight excluding hydrogens is 242 g/mol. The van der Waals surface area contributed by atoms with Crippen molar-refractivity contribution in [3.05, 3.63) is 0 Å². The fourth-order valence-electron chi connectivity index (χ4n) is 3.10. The van der Waals surface area contributed by atoms with E-state index in [0.717, 1.165) is 19.4 Å². The summed E-state index contributed by atoms with van der Waals surface area (Å²) in [5.41, 5.74) is 4.95. The van der Waals surface area contributed by atoms with Crippen LogP contribution in [-0.2, 0) is 4.79 Å². The van der Waals surface area contributed by atoms with Crippen molar-refractivity contribution < 1.29 is 10.0 Å². The highest BCUT2D eigenvalue weighted by Crippen LogP contribution is 2.33. The summed E-state index contributed by atoms with van der Waals surface area (Å²) < 4.78 is 0. The molecule has 1 heterocycles. The molecule has 1 fully saturated rings. The third-order valence-corrected chi connectivity index (χ3v) is 4.61. The smallest absolute Gasteiger partial charge is 0.236 e. The van der Waals surface area contributed by atoms with Crippen molar-refractivity contribution in [1.82, 2.24) is 4.90 Å². The average Bonchev–Trinajstić information content (AvgIpc) is 2.40. The zero-order valence-electron chi connectivity index (χ0n) is 12.5. The third kappa shape index (κ3) is 2.85. The van der Waals surface area contributed by atoms with Gasteiger partial charge in [0.2, 0.25) is 5.91 Å². The van der Waals surface area contributed by atoms with E-state index in [9.17, 15) is 4.79 Å². The van der Waals surface area contributed by atoms with Gasteiger partial charge in [-0.2, -0.15) is 0 Å². The molecule has 0 spiro atoms. The van der Waals surface area contributed by atoms with E-state index in [2.05, 4.69) is 19.0 Å². The van der Waals surface area contributed by atoms with E-state index in [-0.39, 0.29) is 17.8 Å². The van der Waals surface area contributed by atoms with Gasteiger partial charge in [0.15, 0.2) is 5.84 Å². The standard InChI is InChI=1S/C14H27N3O2/c1-5-14(6-2,12(15)16-19)13(18)17-8-7-10(3)9-11(17)4/h10-11,19H,5-9H2,1-4H3,(H2,15,16). The van der Waals surface area contributed by atoms with Gasteiger partial charge < -0.3 is 15.8 Å². The molecule has 3 N–H and O–H groups in total. The highest BCUT2D eigenvalue weighted by atomic mass is 16.4. The number of carbonyl (C=O) groups is 1. The Morgan fingerprint density at radius 3 is 2.42 bits per heavy atom. The van der Waals surface area contributed by atoms with Gasteiger partial charge in [0.25, 0.3) is 0 Å². The maximum Gasteiger partial charge on any atom is 0.236 e. The van der Waals surface area contributed by atoms with Crippen molar-refractivity contribution in [3.8, 4) is 0 Å². The van der Waals surface area contributed by atoms with Crippen LogP contribution in [0, 0.1) is 11.3 Å². The number of likely N-dealkylation sites (tertiary alicyclic amines) is 1. The second kappa shape index (κ2) is 6.26. The Kier molecular flexibility index (Phi) is 5.20. The lowest BCUT2D eigenvalue weighted by Crippen LogP contribution is -2.55. The zero-order valence-corrected chi connectivity index (χ0v) is 12.5. The molecule has 0 radical (unpaired) electrons. The van der Waals surface area contributed by atoms with Gasteiger partial charge in [0, 0.05) is 12.6 Å². The number of hydrogen-bond acceptors (Lipinski definition) is 3. The Morgan fingerprint density at radius 2 is 2.00 bits per heavy atom. The minimum absolute atomic E-state index is 0.00667. The van der Waals surface area contributed by atoms with Crippen LogP contribution in [0.5, 0.6) is 0 Å². The third-order valence-electron chi connectivity index (χ3n) is 4.61. The van der Waals surface area contributed by atoms with Crippen LogP contribution in [0.2, 0.25) is 0 Å². The summed E-state index contributed by atoms with van der Waals surface area (Å²) in [7, 11) is 0. The van der Waals surface area contributed by atoms with Gasteiger partial charge in [-0.25, -0.2) is 0 Å². The highest BCUT2D eigenvalue weighted by molar-refractivity contribution is 6.06. The molecule has 0 aromatic rings. The second-order valence-corrected chi connectivity index (χ2v) is 5.75. The van der Waals surface area contributed by atoms with Crippen molar-refractivity contribution in [2.45, 2.75) is 59.4 Å². The van der Waals surface area contributed by atoms with E-state index in [4.69, 9.17) is 10.9 Å². The second-order valence-electron chi connectivity index (χ2n) is 5.75. The molecule has 5 nitrogen and oxygen atoms in total. The topological polar surface area (TPSA) is 78.9 Å². The maximum absolute atomic E-state index is 12.9. The molecule has 110 valence electrons. The molecule has 1 aliphatic rings. The number of amidine groups is 1. The molecule has 0 aromatic heterocycles. The molecule has 1 rings (SSSR count). The number of hydrogen-bond donors (Lipinski definition) is 2. The molecule has 0 aromatic carbocycles. The number of rotatable bonds is 4. The van der Waals surface area contributed by atoms with Crippen LogP contribution >= 0.6 is 0 Å². The molecule has 1 saturated heterocycles. The fourth-order valence-corrected chi connectivity index (χ4v) is 3.10. The van der Waals surface area contributed by atoms with Crippen LogP contribution in [0.4, 0.5) is 0 Å². The predicted octanol–water partition coefficient (Wildman–Crippen LogP) is 2.19. The van der Waals surface area contributed by atoms with E-state index in [1.165, 1.54) is 0 Å². The van der Waals surface area contributed by atoms with Gasteiger partial charge in [0.1, 0.15) is 5.41 Å². The summed E-state index contributed by atoms with van der Waals surface area (Å²) in [6, 6.07) is 0.222. The van der Waals surface area contributed by atoms with Gasteiger partial charge in [-0.05, 0) is 38.5 Å². The predicted molar refractivity (Wildman–Crippen MR) is 76.0 cm³/mol. The van der Waals surface area contributed by atoms with E-state index in [1.807, 2.05) is 18.7 Å². The fraction of sp³-hybridized carbons (Fsp3) is 0.857. The number of piperidine rings is 1. The Bertz CT molecular complexity index is 351. The van der Waals surface area contributed by atoms with Crippen molar-refractivity contribution in [1.29, 1.82) is 0 Å². The van der Waals surface area contributed by atoms with Crippen molar-refractivity contribution in [3.63, 3.8) is 0 Å². The minimum atomic E-state index is -0.858. The Morgan fingerprint density at radius 1 is 1.42 bits per heavy atom. The molecular formula is C14H27N3O2. The van der Waals surface area contributed by atoms with Crippen LogP contribution in [-0.4, -0.2) is 34.4 Å². The Labute approximate surface area is 115 Å². The van der Waals surface area contributed by atoms with Gasteiger partial charge in [-0.3, -0.25) is 4.79 Å². The number of amides is 1. The van der Waals surface area contributed by atoms with Crippen LogP contribution in [0.25, 0.3) is 0 Å². The summed E-state index contributed by atoms with van der Waals surface area (Å²) in [5.74, 6) is 0.695. The van der Waals surface area contributed by atoms with Gasteiger partial charge in [-0.1, -0.05) is 25.9 Å². The van der Waals surface area contributed by atoms with Crippen LogP contribution < -0.4 is 5.73 Å². The van der Waals surface area contributed by atoms with Crippen LogP contribution in [0.1, 0.15) is 53.4 Å². The molecule has 19 heavy (non-hydrogen) atoms. The highest BCUT2D eigenvalue weighted by Gasteiger charge is 2.44. The summed E-state index contributed by atoms with van der Waals surface area (Å²) in [6.45, 7) is 8.89. The molecule has 0 bridgehead atoms. The molecule has 0 saturated carbocycles. The maximum atomic E-state index is 12.9. The summed E-state index contributed by atoms with van der Waals surface area (Å²) >= 11 is 0. The molecule has 1 aliphatic heterocycles. The molecule has 2 unspecified atom stereocenters. The monoisotopic (exact) mass is 269 g/mol. The van der Waals surface area contributed by atoms with E-state index >= 15 is 0 Å². The first-order chi connectivity index (χ1) is 8.92. The molecule has 0 aliphatic carbocycles. The number of nitrogens with zero attached hydrogens (tertiary/aromatic N) is 2. The molecule has 2 atom stereocenters. The van der Waals surface area contributed by atoms with Crippen molar-refractivity contribution in [2.24, 2.45) is 22.2 Å². The normalized spacial score (nSPS) is 25.5. The van der Waals surface area contributed by atoms with Crippen molar-refractivity contribution >= 4 is 11.7 Å². The average molecular weight is 269 g/mol. The Balaban J connectivity index is 3.01. The SMILES string of the molecule is CCC(CC)(C(=O)N1CCC(C)CC1C)/C(N)=N/O. The lowest BCUT2D eigenvalue weighted by molar-refractivity contribution is -0.142. The summed E-state index contributed by atoms with van der Waals surface area (Å²) in [5, 5.41) is 12.1. The van der Waals surface area contributed by atoms with Gasteiger partial charge >= 0.3 is 0 Å². The number of carbonyl (C=O) groups excluding carboxylic acids is 1. The van der Waals surface area contributed by atoms with E-state index in [1.54, 1.807) is 0 Å². The van der Waals surface area contributed by atoms with E-state index < -0.39 is 5.41 Å².